The standard InChI is InChI=1S/C19H22N2O3/c1-24-17-8-7-14(12-15(17)16-6-2-5-11-20-16)18(22)21-13-19(23)9-3-4-10-19/h2,5-8,11-12,23H,3-4,9-10,13H2,1H3,(H,21,22). The third-order valence-electron chi connectivity index (χ3n) is 4.51. The average molecular weight is 326 g/mol. The summed E-state index contributed by atoms with van der Waals surface area (Å²) in [5.41, 5.74) is 1.29. The Hall–Kier alpha value is -2.40. The minimum absolute atomic E-state index is 0.199. The van der Waals surface area contributed by atoms with Gasteiger partial charge in [0.05, 0.1) is 18.4 Å². The van der Waals surface area contributed by atoms with Gasteiger partial charge >= 0.3 is 0 Å². The van der Waals surface area contributed by atoms with Crippen LogP contribution >= 0.6 is 0 Å². The molecule has 1 saturated carbocycles. The zero-order chi connectivity index (χ0) is 17.0. The van der Waals surface area contributed by atoms with E-state index in [1.165, 1.54) is 0 Å². The molecule has 1 heterocycles. The van der Waals surface area contributed by atoms with E-state index < -0.39 is 5.60 Å². The molecule has 0 unspecified atom stereocenters. The van der Waals surface area contributed by atoms with E-state index in [0.717, 1.165) is 36.9 Å². The number of rotatable bonds is 5. The van der Waals surface area contributed by atoms with Gasteiger partial charge in [-0.1, -0.05) is 18.9 Å². The topological polar surface area (TPSA) is 71.5 Å². The number of nitrogens with one attached hydrogen (secondary N) is 1. The van der Waals surface area contributed by atoms with E-state index in [1.807, 2.05) is 18.2 Å². The summed E-state index contributed by atoms with van der Waals surface area (Å²) in [6.45, 7) is 0.288. The van der Waals surface area contributed by atoms with Gasteiger partial charge in [-0.3, -0.25) is 9.78 Å². The minimum Gasteiger partial charge on any atom is -0.496 e. The smallest absolute Gasteiger partial charge is 0.251 e. The van der Waals surface area contributed by atoms with Crippen LogP contribution in [0.3, 0.4) is 0 Å². The maximum atomic E-state index is 12.4. The molecule has 1 amide bonds. The highest BCUT2D eigenvalue weighted by molar-refractivity contribution is 5.96. The van der Waals surface area contributed by atoms with Crippen molar-refractivity contribution in [3.05, 3.63) is 48.2 Å². The van der Waals surface area contributed by atoms with Gasteiger partial charge in [-0.15, -0.1) is 0 Å². The second-order valence-electron chi connectivity index (χ2n) is 6.24. The number of ether oxygens (including phenoxy) is 1. The van der Waals surface area contributed by atoms with Crippen LogP contribution < -0.4 is 10.1 Å². The summed E-state index contributed by atoms with van der Waals surface area (Å²) < 4.78 is 5.38. The third-order valence-corrected chi connectivity index (χ3v) is 4.51. The molecule has 0 spiro atoms. The average Bonchev–Trinajstić information content (AvgIpc) is 3.07. The van der Waals surface area contributed by atoms with Crippen LogP contribution in [0.5, 0.6) is 5.75 Å². The van der Waals surface area contributed by atoms with E-state index in [-0.39, 0.29) is 12.5 Å². The number of nitrogens with zero attached hydrogens (tertiary/aromatic N) is 1. The summed E-state index contributed by atoms with van der Waals surface area (Å²) in [5, 5.41) is 13.2. The van der Waals surface area contributed by atoms with Crippen molar-refractivity contribution in [2.75, 3.05) is 13.7 Å². The zero-order valence-corrected chi connectivity index (χ0v) is 13.8. The number of amides is 1. The Balaban J connectivity index is 1.79. The summed E-state index contributed by atoms with van der Waals surface area (Å²) in [4.78, 5) is 16.8. The lowest BCUT2D eigenvalue weighted by Gasteiger charge is -2.22. The highest BCUT2D eigenvalue weighted by Gasteiger charge is 2.31. The van der Waals surface area contributed by atoms with E-state index >= 15 is 0 Å². The van der Waals surface area contributed by atoms with E-state index in [0.29, 0.717) is 11.3 Å². The molecule has 1 aromatic heterocycles. The van der Waals surface area contributed by atoms with Crippen LogP contribution in [0.1, 0.15) is 36.0 Å². The second-order valence-corrected chi connectivity index (χ2v) is 6.24. The fraction of sp³-hybridized carbons (Fsp3) is 0.368. The van der Waals surface area contributed by atoms with Gasteiger partial charge in [0.15, 0.2) is 0 Å². The summed E-state index contributed by atoms with van der Waals surface area (Å²) >= 11 is 0. The van der Waals surface area contributed by atoms with Gasteiger partial charge in [0.2, 0.25) is 0 Å². The van der Waals surface area contributed by atoms with Crippen molar-refractivity contribution >= 4 is 5.91 Å². The molecule has 0 saturated heterocycles. The Morgan fingerprint density at radius 1 is 1.29 bits per heavy atom. The van der Waals surface area contributed by atoms with Crippen molar-refractivity contribution in [3.8, 4) is 17.0 Å². The molecule has 2 N–H and O–H groups in total. The fourth-order valence-corrected chi connectivity index (χ4v) is 3.13. The van der Waals surface area contributed by atoms with Crippen LogP contribution in [0.2, 0.25) is 0 Å². The van der Waals surface area contributed by atoms with Gasteiger partial charge in [0.25, 0.3) is 5.91 Å². The number of hydrogen-bond donors (Lipinski definition) is 2. The van der Waals surface area contributed by atoms with Crippen LogP contribution in [-0.2, 0) is 0 Å². The Bertz CT molecular complexity index is 710. The van der Waals surface area contributed by atoms with Crippen LogP contribution in [-0.4, -0.2) is 35.3 Å². The van der Waals surface area contributed by atoms with Gasteiger partial charge < -0.3 is 15.2 Å². The molecular formula is C19H22N2O3. The number of carbonyl (C=O) groups is 1. The van der Waals surface area contributed by atoms with E-state index in [9.17, 15) is 9.90 Å². The van der Waals surface area contributed by atoms with Gasteiger partial charge in [-0.25, -0.2) is 0 Å². The van der Waals surface area contributed by atoms with Crippen molar-refractivity contribution in [1.82, 2.24) is 10.3 Å². The lowest BCUT2D eigenvalue weighted by molar-refractivity contribution is 0.0449. The third kappa shape index (κ3) is 3.57. The largest absolute Gasteiger partial charge is 0.496 e. The van der Waals surface area contributed by atoms with Crippen LogP contribution in [0.15, 0.2) is 42.6 Å². The molecule has 0 aliphatic heterocycles. The SMILES string of the molecule is COc1ccc(C(=O)NCC2(O)CCCC2)cc1-c1ccccn1. The molecule has 5 nitrogen and oxygen atoms in total. The fourth-order valence-electron chi connectivity index (χ4n) is 3.13. The predicted octanol–water partition coefficient (Wildman–Crippen LogP) is 2.79. The molecular weight excluding hydrogens is 304 g/mol. The van der Waals surface area contributed by atoms with Crippen LogP contribution in [0.25, 0.3) is 11.3 Å². The Kier molecular flexibility index (Phi) is 4.81. The summed E-state index contributed by atoms with van der Waals surface area (Å²) in [7, 11) is 1.59. The molecule has 1 aliphatic carbocycles. The van der Waals surface area contributed by atoms with Crippen LogP contribution in [0, 0.1) is 0 Å². The summed E-state index contributed by atoms with van der Waals surface area (Å²) in [6.07, 6.45) is 5.22. The second kappa shape index (κ2) is 7.01. The first kappa shape index (κ1) is 16.5. The van der Waals surface area contributed by atoms with Crippen molar-refractivity contribution in [2.45, 2.75) is 31.3 Å². The maximum absolute atomic E-state index is 12.4. The normalized spacial score (nSPS) is 15.9. The molecule has 1 aromatic carbocycles. The highest BCUT2D eigenvalue weighted by Crippen LogP contribution is 2.30. The number of pyridine rings is 1. The molecule has 0 bridgehead atoms. The van der Waals surface area contributed by atoms with Crippen LogP contribution in [0.4, 0.5) is 0 Å². The van der Waals surface area contributed by atoms with E-state index in [4.69, 9.17) is 4.74 Å². The molecule has 5 heteroatoms. The number of methoxy groups -OCH3 is 1. The lowest BCUT2D eigenvalue weighted by Crippen LogP contribution is -2.40. The molecule has 2 aromatic rings. The molecule has 24 heavy (non-hydrogen) atoms. The Morgan fingerprint density at radius 3 is 2.75 bits per heavy atom. The van der Waals surface area contributed by atoms with E-state index in [1.54, 1.807) is 31.5 Å². The number of benzene rings is 1. The minimum atomic E-state index is -0.758. The molecule has 0 radical (unpaired) electrons. The molecule has 1 aliphatic rings. The summed E-state index contributed by atoms with van der Waals surface area (Å²) in [6, 6.07) is 10.9. The molecule has 0 atom stereocenters. The molecule has 1 fully saturated rings. The first-order valence-corrected chi connectivity index (χ1v) is 8.21. The van der Waals surface area contributed by atoms with Gasteiger partial charge in [0.1, 0.15) is 5.75 Å². The van der Waals surface area contributed by atoms with Gasteiger partial charge in [0, 0.05) is 23.9 Å². The predicted molar refractivity (Wildman–Crippen MR) is 92.0 cm³/mol. The Labute approximate surface area is 141 Å². The monoisotopic (exact) mass is 326 g/mol. The zero-order valence-electron chi connectivity index (χ0n) is 13.8. The number of hydrogen-bond acceptors (Lipinski definition) is 4. The van der Waals surface area contributed by atoms with Crippen molar-refractivity contribution in [2.24, 2.45) is 0 Å². The lowest BCUT2D eigenvalue weighted by atomic mass is 10.0. The van der Waals surface area contributed by atoms with Crippen molar-refractivity contribution in [1.29, 1.82) is 0 Å². The number of aromatic nitrogens is 1. The van der Waals surface area contributed by atoms with Crippen molar-refractivity contribution in [3.63, 3.8) is 0 Å². The first-order valence-electron chi connectivity index (χ1n) is 8.21. The maximum Gasteiger partial charge on any atom is 0.251 e. The summed E-state index contributed by atoms with van der Waals surface area (Å²) in [5.74, 6) is 0.467. The quantitative estimate of drug-likeness (QED) is 0.886. The van der Waals surface area contributed by atoms with Crippen molar-refractivity contribution < 1.29 is 14.6 Å². The first-order chi connectivity index (χ1) is 11.6. The number of aliphatic hydroxyl groups is 1. The van der Waals surface area contributed by atoms with E-state index in [2.05, 4.69) is 10.3 Å². The van der Waals surface area contributed by atoms with Gasteiger partial charge in [-0.2, -0.15) is 0 Å². The van der Waals surface area contributed by atoms with Gasteiger partial charge in [-0.05, 0) is 43.2 Å². The molecule has 126 valence electrons. The highest BCUT2D eigenvalue weighted by atomic mass is 16.5. The molecule has 3 rings (SSSR count). The Morgan fingerprint density at radius 2 is 2.08 bits per heavy atom. The number of carbonyl (C=O) groups excluding carboxylic acids is 1.